The van der Waals surface area contributed by atoms with Crippen molar-refractivity contribution in [1.82, 2.24) is 14.7 Å². The maximum Gasteiger partial charge on any atom is 0.324 e. The van der Waals surface area contributed by atoms with Crippen LogP contribution in [0.4, 0.5) is 0 Å². The van der Waals surface area contributed by atoms with E-state index < -0.39 is 130 Å². The molecule has 0 aliphatic carbocycles. The fourth-order valence-corrected chi connectivity index (χ4v) is 13.4. The van der Waals surface area contributed by atoms with Gasteiger partial charge in [0.2, 0.25) is 0 Å². The standard InChI is InChI=1S/C84H153N3O20/c1-4-7-10-13-16-19-22-27-32-38-43-48-53-58-79(97)105-69-84(70-106-80(98)59-54-49-44-39-33-28-23-20-17-14-11-8-5-2,71-107-81(99)60-55-50-45-40-34-29-24-21-18-15-12-9-6-3)83(102)103-63-56-51-46-41-36-31-26-25-30-35-37-42-47-52-57-78(96)104-68-73(82(100)101)87(72-86(66-76(92)93)67-77(94)95)62-61-85(64-74(88)89)65-75(90)91/h73H,4-72H2,1-3H3,(H,88,89)(H,90,91)(H,92,93)(H,94,95)(H,100,101). The Labute approximate surface area is 645 Å². The summed E-state index contributed by atoms with van der Waals surface area (Å²) in [7, 11) is 0. The van der Waals surface area contributed by atoms with Crippen molar-refractivity contribution in [2.75, 3.05) is 79.0 Å². The maximum atomic E-state index is 14.5. The minimum absolute atomic E-state index is 0.0159. The molecule has 0 heterocycles. The number of carbonyl (C=O) groups excluding carboxylic acids is 5. The molecule has 0 saturated heterocycles. The number of carbonyl (C=O) groups is 10. The molecular weight excluding hydrogens is 1370 g/mol. The first-order chi connectivity index (χ1) is 51.8. The molecule has 0 spiro atoms. The van der Waals surface area contributed by atoms with Crippen LogP contribution in [-0.2, 0) is 71.6 Å². The molecule has 0 radical (unpaired) electrons. The monoisotopic (exact) mass is 1520 g/mol. The van der Waals surface area contributed by atoms with Crippen LogP contribution in [0, 0.1) is 5.41 Å². The number of hydrogen-bond acceptors (Lipinski definition) is 18. The summed E-state index contributed by atoms with van der Waals surface area (Å²) in [6, 6.07) is -1.60. The van der Waals surface area contributed by atoms with Gasteiger partial charge in [0.15, 0.2) is 5.41 Å². The molecule has 0 aliphatic rings. The second-order valence-electron chi connectivity index (χ2n) is 30.3. The highest BCUT2D eigenvalue weighted by Gasteiger charge is 2.45. The largest absolute Gasteiger partial charge is 0.480 e. The zero-order valence-corrected chi connectivity index (χ0v) is 67.6. The fourth-order valence-electron chi connectivity index (χ4n) is 13.4. The third-order valence-electron chi connectivity index (χ3n) is 20.1. The number of ether oxygens (including phenoxy) is 5. The Morgan fingerprint density at radius 1 is 0.280 bits per heavy atom. The van der Waals surface area contributed by atoms with Crippen LogP contribution in [0.25, 0.3) is 0 Å². The molecule has 23 nitrogen and oxygen atoms in total. The number of aliphatic carboxylic acids is 5. The summed E-state index contributed by atoms with van der Waals surface area (Å²) in [5.41, 5.74) is -1.73. The molecular formula is C84H153N3O20. The molecule has 1 atom stereocenters. The SMILES string of the molecule is CCCCCCCCCCCCCCCC(=O)OCC(COC(=O)CCCCCCCCCCCCCCC)(COC(=O)CCCCCCCCCCCCCCC)C(=O)OCCCCCCCCCCCCCCCCC(=O)OCC(C(=O)O)N(CCN(CC(=O)O)CC(=O)O)CN(CC(=O)O)CC(=O)O. The topological polar surface area (TPSA) is 328 Å². The van der Waals surface area contributed by atoms with Crippen molar-refractivity contribution in [3.8, 4) is 0 Å². The van der Waals surface area contributed by atoms with E-state index in [1.165, 1.54) is 173 Å². The Bertz CT molecular complexity index is 2110. The molecule has 0 aromatic heterocycles. The number of hydrogen-bond donors (Lipinski definition) is 5. The Kier molecular flexibility index (Phi) is 69.7. The van der Waals surface area contributed by atoms with Gasteiger partial charge in [0.25, 0.3) is 0 Å². The van der Waals surface area contributed by atoms with Crippen molar-refractivity contribution in [1.29, 1.82) is 0 Å². The lowest BCUT2D eigenvalue weighted by atomic mass is 9.91. The molecule has 0 amide bonds. The smallest absolute Gasteiger partial charge is 0.324 e. The predicted molar refractivity (Wildman–Crippen MR) is 419 cm³/mol. The number of unbranched alkanes of at least 4 members (excludes halogenated alkanes) is 49. The average molecular weight is 1530 g/mol. The van der Waals surface area contributed by atoms with E-state index in [0.29, 0.717) is 32.1 Å². The molecule has 0 aliphatic heterocycles. The lowest BCUT2D eigenvalue weighted by molar-refractivity contribution is -0.180. The zero-order valence-electron chi connectivity index (χ0n) is 67.6. The molecule has 0 rings (SSSR count). The summed E-state index contributed by atoms with van der Waals surface area (Å²) in [6.45, 7) is 0.716. The summed E-state index contributed by atoms with van der Waals surface area (Å²) >= 11 is 0. The van der Waals surface area contributed by atoms with E-state index in [4.69, 9.17) is 23.7 Å². The van der Waals surface area contributed by atoms with Gasteiger partial charge in [-0.3, -0.25) is 62.6 Å². The number of carboxylic acid groups (broad SMARTS) is 5. The van der Waals surface area contributed by atoms with Crippen molar-refractivity contribution in [2.45, 2.75) is 393 Å². The molecule has 0 bridgehead atoms. The predicted octanol–water partition coefficient (Wildman–Crippen LogP) is 18.6. The first-order valence-electron chi connectivity index (χ1n) is 42.9. The molecule has 0 saturated carbocycles. The first-order valence-corrected chi connectivity index (χ1v) is 42.9. The third-order valence-corrected chi connectivity index (χ3v) is 20.1. The number of rotatable bonds is 83. The summed E-state index contributed by atoms with van der Waals surface area (Å²) < 4.78 is 28.9. The second-order valence-corrected chi connectivity index (χ2v) is 30.3. The lowest BCUT2D eigenvalue weighted by Crippen LogP contribution is -2.54. The van der Waals surface area contributed by atoms with Crippen LogP contribution in [0.1, 0.15) is 387 Å². The number of carboxylic acids is 5. The molecule has 0 fully saturated rings. The van der Waals surface area contributed by atoms with Crippen LogP contribution < -0.4 is 0 Å². The quantitative estimate of drug-likeness (QED) is 0.0163. The van der Waals surface area contributed by atoms with Crippen LogP contribution in [0.15, 0.2) is 0 Å². The van der Waals surface area contributed by atoms with Gasteiger partial charge in [-0.05, 0) is 32.1 Å². The second kappa shape index (κ2) is 73.4. The molecule has 624 valence electrons. The van der Waals surface area contributed by atoms with Gasteiger partial charge >= 0.3 is 59.7 Å². The van der Waals surface area contributed by atoms with Gasteiger partial charge in [-0.2, -0.15) is 0 Å². The van der Waals surface area contributed by atoms with E-state index in [1.54, 1.807) is 0 Å². The van der Waals surface area contributed by atoms with Crippen molar-refractivity contribution in [3.63, 3.8) is 0 Å². The van der Waals surface area contributed by atoms with Gasteiger partial charge in [-0.15, -0.1) is 0 Å². The highest BCUT2D eigenvalue weighted by molar-refractivity contribution is 5.80. The van der Waals surface area contributed by atoms with Crippen LogP contribution in [-0.4, -0.2) is 185 Å². The van der Waals surface area contributed by atoms with Crippen molar-refractivity contribution < 1.29 is 97.2 Å². The van der Waals surface area contributed by atoms with Gasteiger partial charge in [0, 0.05) is 38.8 Å². The summed E-state index contributed by atoms with van der Waals surface area (Å²) in [6.07, 6.45) is 59.3. The minimum atomic E-state index is -1.73. The lowest BCUT2D eigenvalue weighted by Gasteiger charge is -2.34. The molecule has 1 unspecified atom stereocenters. The summed E-state index contributed by atoms with van der Waals surface area (Å²) in [4.78, 5) is 129. The summed E-state index contributed by atoms with van der Waals surface area (Å²) in [5.74, 6) is -9.70. The van der Waals surface area contributed by atoms with Crippen LogP contribution in [0.3, 0.4) is 0 Å². The highest BCUT2D eigenvalue weighted by atomic mass is 16.6. The Hall–Kier alpha value is -5.42. The Balaban J connectivity index is 5.48. The van der Waals surface area contributed by atoms with E-state index in [9.17, 15) is 73.5 Å². The van der Waals surface area contributed by atoms with Gasteiger partial charge < -0.3 is 49.2 Å². The normalized spacial score (nSPS) is 11.9. The van der Waals surface area contributed by atoms with Gasteiger partial charge in [-0.25, -0.2) is 0 Å². The van der Waals surface area contributed by atoms with Crippen molar-refractivity contribution >= 4 is 59.7 Å². The Morgan fingerprint density at radius 3 is 0.766 bits per heavy atom. The van der Waals surface area contributed by atoms with E-state index in [0.717, 1.165) is 150 Å². The molecule has 5 N–H and O–H groups in total. The van der Waals surface area contributed by atoms with Crippen molar-refractivity contribution in [3.05, 3.63) is 0 Å². The Morgan fingerprint density at radius 2 is 0.514 bits per heavy atom. The summed E-state index contributed by atoms with van der Waals surface area (Å²) in [5, 5.41) is 47.4. The number of nitrogens with zero attached hydrogens (tertiary/aromatic N) is 3. The first kappa shape index (κ1) is 102. The molecule has 107 heavy (non-hydrogen) atoms. The fraction of sp³-hybridized carbons (Fsp3) is 0.881. The molecule has 23 heteroatoms. The van der Waals surface area contributed by atoms with E-state index in [1.807, 2.05) is 0 Å². The highest BCUT2D eigenvalue weighted by Crippen LogP contribution is 2.26. The maximum absolute atomic E-state index is 14.5. The van der Waals surface area contributed by atoms with Crippen LogP contribution in [0.5, 0.6) is 0 Å². The molecule has 0 aromatic carbocycles. The van der Waals surface area contributed by atoms with Crippen LogP contribution >= 0.6 is 0 Å². The molecule has 0 aromatic rings. The van der Waals surface area contributed by atoms with Gasteiger partial charge in [0.05, 0.1) is 39.5 Å². The van der Waals surface area contributed by atoms with E-state index >= 15 is 0 Å². The van der Waals surface area contributed by atoms with E-state index in [-0.39, 0.29) is 45.4 Å². The average Bonchev–Trinajstić information content (AvgIpc) is 0.825. The van der Waals surface area contributed by atoms with Crippen molar-refractivity contribution in [2.24, 2.45) is 5.41 Å². The third kappa shape index (κ3) is 66.1. The van der Waals surface area contributed by atoms with Gasteiger partial charge in [0.1, 0.15) is 32.5 Å². The number of esters is 5. The zero-order chi connectivity index (χ0) is 78.9. The minimum Gasteiger partial charge on any atom is -0.480 e. The van der Waals surface area contributed by atoms with E-state index in [2.05, 4.69) is 20.8 Å². The van der Waals surface area contributed by atoms with Gasteiger partial charge in [-0.1, -0.05) is 329 Å². The van der Waals surface area contributed by atoms with Crippen LogP contribution in [0.2, 0.25) is 0 Å².